The Balaban J connectivity index is 1.65. The van der Waals surface area contributed by atoms with Crippen LogP contribution in [0.3, 0.4) is 0 Å². The molecule has 2 aromatic rings. The summed E-state index contributed by atoms with van der Waals surface area (Å²) < 4.78 is 2.48. The number of carbonyl (C=O) groups excluding carboxylic acids is 2. The number of amides is 2. The Morgan fingerprint density at radius 3 is 2.30 bits per heavy atom. The Labute approximate surface area is 144 Å². The fourth-order valence-corrected chi connectivity index (χ4v) is 3.73. The van der Waals surface area contributed by atoms with Gasteiger partial charge in [-0.1, -0.05) is 11.6 Å². The third-order valence-corrected chi connectivity index (χ3v) is 5.15. The van der Waals surface area contributed by atoms with Gasteiger partial charge in [-0.25, -0.2) is 0 Å². The van der Waals surface area contributed by atoms with Gasteiger partial charge in [-0.2, -0.15) is 0 Å². The molecule has 0 spiro atoms. The normalized spacial score (nSPS) is 15.6. The van der Waals surface area contributed by atoms with Crippen LogP contribution >= 0.6 is 22.9 Å². The van der Waals surface area contributed by atoms with Gasteiger partial charge in [-0.15, -0.1) is 11.3 Å². The molecule has 0 bridgehead atoms. The minimum absolute atomic E-state index is 0.00379. The van der Waals surface area contributed by atoms with E-state index in [0.29, 0.717) is 41.0 Å². The van der Waals surface area contributed by atoms with Crippen molar-refractivity contribution in [2.24, 2.45) is 7.05 Å². The molecular formula is C16H18ClN3O2S. The van der Waals surface area contributed by atoms with Crippen LogP contribution in [0.1, 0.15) is 26.5 Å². The van der Waals surface area contributed by atoms with Crippen LogP contribution in [-0.2, 0) is 7.05 Å². The number of thiophene rings is 1. The lowest BCUT2D eigenvalue weighted by atomic mass is 10.3. The van der Waals surface area contributed by atoms with E-state index in [1.54, 1.807) is 17.0 Å². The minimum atomic E-state index is -0.00379. The Morgan fingerprint density at radius 1 is 1.04 bits per heavy atom. The highest BCUT2D eigenvalue weighted by atomic mass is 35.5. The fraction of sp³-hybridized carbons (Fsp3) is 0.375. The molecule has 0 aromatic carbocycles. The number of nitrogens with zero attached hydrogens (tertiary/aromatic N) is 3. The molecule has 122 valence electrons. The van der Waals surface area contributed by atoms with Crippen LogP contribution in [-0.4, -0.2) is 52.4 Å². The number of hydrogen-bond acceptors (Lipinski definition) is 3. The molecule has 1 fully saturated rings. The van der Waals surface area contributed by atoms with Crippen molar-refractivity contribution in [1.29, 1.82) is 0 Å². The maximum absolute atomic E-state index is 12.5. The lowest BCUT2D eigenvalue weighted by molar-refractivity contribution is 0.0721. The van der Waals surface area contributed by atoms with Crippen LogP contribution < -0.4 is 0 Å². The molecule has 0 aliphatic carbocycles. The second-order valence-corrected chi connectivity index (χ2v) is 7.32. The Morgan fingerprint density at radius 2 is 1.74 bits per heavy atom. The molecule has 0 atom stereocenters. The van der Waals surface area contributed by atoms with Crippen molar-refractivity contribution in [2.75, 3.05) is 26.2 Å². The molecule has 1 aliphatic rings. The Kier molecular flexibility index (Phi) is 4.73. The Bertz CT molecular complexity index is 664. The summed E-state index contributed by atoms with van der Waals surface area (Å²) in [7, 11) is 1.89. The van der Waals surface area contributed by atoms with E-state index in [9.17, 15) is 9.59 Å². The fourth-order valence-electron chi connectivity index (χ4n) is 2.72. The van der Waals surface area contributed by atoms with Gasteiger partial charge in [0.15, 0.2) is 0 Å². The monoisotopic (exact) mass is 351 g/mol. The van der Waals surface area contributed by atoms with Crippen molar-refractivity contribution in [3.05, 3.63) is 45.4 Å². The first-order valence-electron chi connectivity index (χ1n) is 7.50. The van der Waals surface area contributed by atoms with E-state index in [1.807, 2.05) is 35.0 Å². The van der Waals surface area contributed by atoms with Crippen molar-refractivity contribution in [2.45, 2.75) is 6.42 Å². The number of carbonyl (C=O) groups is 2. The van der Waals surface area contributed by atoms with E-state index in [-0.39, 0.29) is 11.8 Å². The number of halogens is 1. The van der Waals surface area contributed by atoms with Crippen LogP contribution in [0, 0.1) is 0 Å². The van der Waals surface area contributed by atoms with Crippen LogP contribution in [0.15, 0.2) is 30.6 Å². The highest BCUT2D eigenvalue weighted by Crippen LogP contribution is 2.23. The highest BCUT2D eigenvalue weighted by Gasteiger charge is 2.24. The largest absolute Gasteiger partial charge is 0.356 e. The standard InChI is InChI=1S/C16H18ClN3O2S/c1-18-8-5-12(11-18)15(21)19-6-2-7-20(10-9-19)16(22)13-3-4-14(17)23-13/h3-5,8,11H,2,6-7,9-10H2,1H3. The second kappa shape index (κ2) is 6.76. The van der Waals surface area contributed by atoms with Gasteiger partial charge in [-0.05, 0) is 24.6 Å². The minimum Gasteiger partial charge on any atom is -0.356 e. The zero-order valence-electron chi connectivity index (χ0n) is 12.9. The maximum Gasteiger partial charge on any atom is 0.264 e. The van der Waals surface area contributed by atoms with Gasteiger partial charge in [-0.3, -0.25) is 9.59 Å². The van der Waals surface area contributed by atoms with Crippen molar-refractivity contribution in [3.8, 4) is 0 Å². The third-order valence-electron chi connectivity index (χ3n) is 3.93. The number of aryl methyl sites for hydroxylation is 1. The smallest absolute Gasteiger partial charge is 0.264 e. The molecule has 1 saturated heterocycles. The van der Waals surface area contributed by atoms with E-state index in [0.717, 1.165) is 6.42 Å². The predicted octanol–water partition coefficient (Wildman–Crippen LogP) is 2.73. The lowest BCUT2D eigenvalue weighted by Gasteiger charge is -2.21. The van der Waals surface area contributed by atoms with Gasteiger partial charge in [0.05, 0.1) is 14.8 Å². The first-order valence-corrected chi connectivity index (χ1v) is 8.70. The molecule has 0 N–H and O–H groups in total. The molecule has 1 aliphatic heterocycles. The predicted molar refractivity (Wildman–Crippen MR) is 91.2 cm³/mol. The highest BCUT2D eigenvalue weighted by molar-refractivity contribution is 7.17. The molecule has 7 heteroatoms. The van der Waals surface area contributed by atoms with Gasteiger partial charge in [0.25, 0.3) is 11.8 Å². The Hall–Kier alpha value is -1.79. The summed E-state index contributed by atoms with van der Waals surface area (Å²) in [5, 5.41) is 0. The molecule has 2 amide bonds. The van der Waals surface area contributed by atoms with E-state index >= 15 is 0 Å². The van der Waals surface area contributed by atoms with Gasteiger partial charge in [0.2, 0.25) is 0 Å². The molecular weight excluding hydrogens is 334 g/mol. The molecule has 3 heterocycles. The molecule has 23 heavy (non-hydrogen) atoms. The van der Waals surface area contributed by atoms with Gasteiger partial charge in [0.1, 0.15) is 0 Å². The summed E-state index contributed by atoms with van der Waals surface area (Å²) in [6, 6.07) is 5.32. The summed E-state index contributed by atoms with van der Waals surface area (Å²) in [5.74, 6) is 0.0231. The van der Waals surface area contributed by atoms with Crippen molar-refractivity contribution < 1.29 is 9.59 Å². The van der Waals surface area contributed by atoms with Crippen LogP contribution in [0.4, 0.5) is 0 Å². The quantitative estimate of drug-likeness (QED) is 0.835. The molecule has 5 nitrogen and oxygen atoms in total. The van der Waals surface area contributed by atoms with Crippen LogP contribution in [0.25, 0.3) is 0 Å². The van der Waals surface area contributed by atoms with Gasteiger partial charge < -0.3 is 14.4 Å². The topological polar surface area (TPSA) is 45.6 Å². The molecule has 2 aromatic heterocycles. The molecule has 3 rings (SSSR count). The molecule has 0 radical (unpaired) electrons. The van der Waals surface area contributed by atoms with Crippen LogP contribution in [0.5, 0.6) is 0 Å². The van der Waals surface area contributed by atoms with Crippen molar-refractivity contribution in [3.63, 3.8) is 0 Å². The van der Waals surface area contributed by atoms with E-state index in [2.05, 4.69) is 0 Å². The number of aromatic nitrogens is 1. The van der Waals surface area contributed by atoms with Crippen molar-refractivity contribution in [1.82, 2.24) is 14.4 Å². The van der Waals surface area contributed by atoms with Crippen molar-refractivity contribution >= 4 is 34.8 Å². The van der Waals surface area contributed by atoms with E-state index in [4.69, 9.17) is 11.6 Å². The zero-order valence-corrected chi connectivity index (χ0v) is 14.4. The van der Waals surface area contributed by atoms with E-state index in [1.165, 1.54) is 11.3 Å². The summed E-state index contributed by atoms with van der Waals surface area (Å²) in [6.45, 7) is 2.43. The SMILES string of the molecule is Cn1ccc(C(=O)N2CCCN(C(=O)c3ccc(Cl)s3)CC2)c1. The second-order valence-electron chi connectivity index (χ2n) is 5.61. The zero-order chi connectivity index (χ0) is 16.4. The summed E-state index contributed by atoms with van der Waals surface area (Å²) in [5.41, 5.74) is 0.692. The molecule has 0 saturated carbocycles. The average Bonchev–Trinajstić information content (AvgIpc) is 3.07. The number of rotatable bonds is 2. The summed E-state index contributed by atoms with van der Waals surface area (Å²) in [4.78, 5) is 29.3. The third kappa shape index (κ3) is 3.59. The summed E-state index contributed by atoms with van der Waals surface area (Å²) in [6.07, 6.45) is 4.47. The van der Waals surface area contributed by atoms with Gasteiger partial charge >= 0.3 is 0 Å². The lowest BCUT2D eigenvalue weighted by Crippen LogP contribution is -2.37. The number of hydrogen-bond donors (Lipinski definition) is 0. The van der Waals surface area contributed by atoms with Gasteiger partial charge in [0, 0.05) is 45.6 Å². The average molecular weight is 352 g/mol. The van der Waals surface area contributed by atoms with Crippen LogP contribution in [0.2, 0.25) is 4.34 Å². The first kappa shape index (κ1) is 16.1. The summed E-state index contributed by atoms with van der Waals surface area (Å²) >= 11 is 7.20. The maximum atomic E-state index is 12.5. The first-order chi connectivity index (χ1) is 11.0. The molecule has 0 unspecified atom stereocenters. The van der Waals surface area contributed by atoms with E-state index < -0.39 is 0 Å².